The molecule has 1 saturated heterocycles. The maximum absolute atomic E-state index is 13.6. The molecule has 0 radical (unpaired) electrons. The number of rotatable bonds is 7. The molecule has 4 rings (SSSR count). The Morgan fingerprint density at radius 3 is 2.62 bits per heavy atom. The van der Waals surface area contributed by atoms with Crippen molar-refractivity contribution in [1.29, 1.82) is 0 Å². The van der Waals surface area contributed by atoms with Crippen molar-refractivity contribution in [3.8, 4) is 5.88 Å². The van der Waals surface area contributed by atoms with E-state index in [-0.39, 0.29) is 48.3 Å². The van der Waals surface area contributed by atoms with Crippen LogP contribution in [0.3, 0.4) is 0 Å². The van der Waals surface area contributed by atoms with Gasteiger partial charge in [0.15, 0.2) is 0 Å². The largest absolute Gasteiger partial charge is 0.472 e. The van der Waals surface area contributed by atoms with Gasteiger partial charge in [0.2, 0.25) is 11.8 Å². The van der Waals surface area contributed by atoms with Crippen LogP contribution >= 0.6 is 0 Å². The minimum Gasteiger partial charge on any atom is -0.472 e. The zero-order chi connectivity index (χ0) is 26.4. The van der Waals surface area contributed by atoms with Crippen molar-refractivity contribution in [3.05, 3.63) is 59.3 Å². The zero-order valence-electron chi connectivity index (χ0n) is 21.9. The van der Waals surface area contributed by atoms with Gasteiger partial charge in [-0.05, 0) is 37.0 Å². The van der Waals surface area contributed by atoms with Gasteiger partial charge in [0.1, 0.15) is 11.7 Å². The first-order chi connectivity index (χ1) is 17.9. The molecule has 0 unspecified atom stereocenters. The lowest BCUT2D eigenvalue weighted by Gasteiger charge is -2.38. The summed E-state index contributed by atoms with van der Waals surface area (Å²) in [6, 6.07) is 11.3. The molecular formula is C29H37N3O5. The van der Waals surface area contributed by atoms with E-state index < -0.39 is 0 Å². The van der Waals surface area contributed by atoms with E-state index >= 15 is 0 Å². The standard InChI is InChI=1S/C29H37N3O5/c1-20-17-32(21(2)19-33)29(35)25-15-23(10-9-22-7-5-4-6-8-22)16-30-27(25)37-26(20)18-31(3)28(34)24-11-13-36-14-12-24/h4-10,15-16,20-21,24,26,33H,11-14,17-19H2,1-3H3/b10-9+/t20-,21+,26+/m1/s1. The number of fused-ring (bicyclic) bond motifs is 1. The Hall–Kier alpha value is -3.23. The van der Waals surface area contributed by atoms with Crippen LogP contribution in [0.25, 0.3) is 12.2 Å². The summed E-state index contributed by atoms with van der Waals surface area (Å²) in [7, 11) is 1.80. The molecule has 8 heteroatoms. The van der Waals surface area contributed by atoms with Gasteiger partial charge in [0.25, 0.3) is 5.91 Å². The minimum absolute atomic E-state index is 0.0422. The molecule has 2 aliphatic heterocycles. The third kappa shape index (κ3) is 6.56. The second kappa shape index (κ2) is 12.3. The number of hydrogen-bond acceptors (Lipinski definition) is 6. The van der Waals surface area contributed by atoms with E-state index in [1.807, 2.05) is 56.3 Å². The van der Waals surface area contributed by atoms with E-state index in [2.05, 4.69) is 4.98 Å². The van der Waals surface area contributed by atoms with E-state index in [4.69, 9.17) is 9.47 Å². The van der Waals surface area contributed by atoms with Crippen LogP contribution in [0, 0.1) is 11.8 Å². The van der Waals surface area contributed by atoms with Crippen LogP contribution in [0.2, 0.25) is 0 Å². The smallest absolute Gasteiger partial charge is 0.259 e. The summed E-state index contributed by atoms with van der Waals surface area (Å²) in [5.41, 5.74) is 2.16. The lowest BCUT2D eigenvalue weighted by molar-refractivity contribution is -0.138. The predicted molar refractivity (Wildman–Crippen MR) is 142 cm³/mol. The lowest BCUT2D eigenvalue weighted by Crippen LogP contribution is -2.51. The van der Waals surface area contributed by atoms with Gasteiger partial charge in [-0.1, -0.05) is 49.4 Å². The fraction of sp³-hybridized carbons (Fsp3) is 0.483. The Morgan fingerprint density at radius 2 is 1.92 bits per heavy atom. The van der Waals surface area contributed by atoms with Crippen molar-refractivity contribution in [3.63, 3.8) is 0 Å². The van der Waals surface area contributed by atoms with Crippen LogP contribution in [0.5, 0.6) is 5.88 Å². The van der Waals surface area contributed by atoms with Crippen LogP contribution in [0.1, 0.15) is 48.2 Å². The highest BCUT2D eigenvalue weighted by molar-refractivity contribution is 5.97. The number of aliphatic hydroxyl groups excluding tert-OH is 1. The topological polar surface area (TPSA) is 92.2 Å². The first kappa shape index (κ1) is 26.8. The van der Waals surface area contributed by atoms with Crippen LogP contribution in [-0.4, -0.2) is 83.8 Å². The molecule has 3 heterocycles. The van der Waals surface area contributed by atoms with Crippen molar-refractivity contribution >= 4 is 24.0 Å². The van der Waals surface area contributed by atoms with Crippen LogP contribution in [0.4, 0.5) is 0 Å². The van der Waals surface area contributed by atoms with Gasteiger partial charge >= 0.3 is 0 Å². The molecule has 2 amide bonds. The summed E-state index contributed by atoms with van der Waals surface area (Å²) in [5, 5.41) is 9.88. The van der Waals surface area contributed by atoms with Gasteiger partial charge in [-0.2, -0.15) is 0 Å². The van der Waals surface area contributed by atoms with Crippen LogP contribution < -0.4 is 4.74 Å². The van der Waals surface area contributed by atoms with Crippen molar-refractivity contribution in [2.75, 3.05) is 40.0 Å². The van der Waals surface area contributed by atoms with Gasteiger partial charge in [-0.15, -0.1) is 0 Å². The summed E-state index contributed by atoms with van der Waals surface area (Å²) in [6.45, 7) is 5.67. The van der Waals surface area contributed by atoms with E-state index in [9.17, 15) is 14.7 Å². The van der Waals surface area contributed by atoms with E-state index in [1.54, 1.807) is 29.1 Å². The molecule has 1 fully saturated rings. The number of aliphatic hydroxyl groups is 1. The Balaban J connectivity index is 1.60. The third-order valence-corrected chi connectivity index (χ3v) is 7.21. The van der Waals surface area contributed by atoms with Gasteiger partial charge in [-0.25, -0.2) is 4.98 Å². The number of aromatic nitrogens is 1. The number of likely N-dealkylation sites (N-methyl/N-ethyl adjacent to an activating group) is 1. The van der Waals surface area contributed by atoms with E-state index in [0.717, 1.165) is 24.0 Å². The molecule has 37 heavy (non-hydrogen) atoms. The number of benzene rings is 1. The van der Waals surface area contributed by atoms with Crippen LogP contribution in [-0.2, 0) is 9.53 Å². The van der Waals surface area contributed by atoms with Gasteiger partial charge in [0, 0.05) is 44.8 Å². The molecule has 1 aromatic carbocycles. The molecule has 0 aliphatic carbocycles. The quantitative estimate of drug-likeness (QED) is 0.618. The van der Waals surface area contributed by atoms with E-state index in [0.29, 0.717) is 31.9 Å². The van der Waals surface area contributed by atoms with Gasteiger partial charge in [-0.3, -0.25) is 9.59 Å². The summed E-state index contributed by atoms with van der Waals surface area (Å²) >= 11 is 0. The third-order valence-electron chi connectivity index (χ3n) is 7.21. The molecule has 198 valence electrons. The summed E-state index contributed by atoms with van der Waals surface area (Å²) in [5.74, 6) is -0.0150. The Bertz CT molecular complexity index is 1100. The minimum atomic E-state index is -0.369. The highest BCUT2D eigenvalue weighted by Gasteiger charge is 2.35. The number of carbonyl (C=O) groups excluding carboxylic acids is 2. The molecule has 0 saturated carbocycles. The molecule has 8 nitrogen and oxygen atoms in total. The average Bonchev–Trinajstić information content (AvgIpc) is 2.94. The Kier molecular flexibility index (Phi) is 8.95. The molecule has 2 aliphatic rings. The molecule has 1 N–H and O–H groups in total. The van der Waals surface area contributed by atoms with Crippen molar-refractivity contribution < 1.29 is 24.2 Å². The van der Waals surface area contributed by atoms with Crippen molar-refractivity contribution in [2.45, 2.75) is 38.8 Å². The second-order valence-corrected chi connectivity index (χ2v) is 10.1. The monoisotopic (exact) mass is 507 g/mol. The number of nitrogens with zero attached hydrogens (tertiary/aromatic N) is 3. The first-order valence-electron chi connectivity index (χ1n) is 13.0. The predicted octanol–water partition coefficient (Wildman–Crippen LogP) is 3.36. The molecule has 2 aromatic rings. The van der Waals surface area contributed by atoms with Gasteiger partial charge in [0.05, 0.1) is 19.2 Å². The fourth-order valence-corrected chi connectivity index (χ4v) is 4.80. The number of ether oxygens (including phenoxy) is 2. The number of hydrogen-bond donors (Lipinski definition) is 1. The average molecular weight is 508 g/mol. The summed E-state index contributed by atoms with van der Waals surface area (Å²) in [4.78, 5) is 34.6. The maximum atomic E-state index is 13.6. The normalized spacial score (nSPS) is 21.6. The fourth-order valence-electron chi connectivity index (χ4n) is 4.80. The number of pyridine rings is 1. The molecule has 3 atom stereocenters. The van der Waals surface area contributed by atoms with Gasteiger partial charge < -0.3 is 24.4 Å². The maximum Gasteiger partial charge on any atom is 0.259 e. The summed E-state index contributed by atoms with van der Waals surface area (Å²) < 4.78 is 11.8. The Labute approximate surface area is 218 Å². The van der Waals surface area contributed by atoms with Crippen molar-refractivity contribution in [2.24, 2.45) is 11.8 Å². The van der Waals surface area contributed by atoms with E-state index in [1.165, 1.54) is 0 Å². The van der Waals surface area contributed by atoms with Crippen molar-refractivity contribution in [1.82, 2.24) is 14.8 Å². The number of carbonyl (C=O) groups is 2. The lowest BCUT2D eigenvalue weighted by atomic mass is 9.97. The SMILES string of the molecule is C[C@@H]1CN([C@@H](C)CO)C(=O)c2cc(/C=C/c3ccccc3)cnc2O[C@H]1CN(C)C(=O)C1CCOCC1. The highest BCUT2D eigenvalue weighted by atomic mass is 16.5. The molecule has 1 aromatic heterocycles. The molecular weight excluding hydrogens is 470 g/mol. The summed E-state index contributed by atoms with van der Waals surface area (Å²) in [6.07, 6.45) is 6.65. The molecule has 0 bridgehead atoms. The first-order valence-corrected chi connectivity index (χ1v) is 13.0. The highest BCUT2D eigenvalue weighted by Crippen LogP contribution is 2.28. The Morgan fingerprint density at radius 1 is 1.22 bits per heavy atom. The molecule has 0 spiro atoms. The second-order valence-electron chi connectivity index (χ2n) is 10.1. The van der Waals surface area contributed by atoms with Crippen LogP contribution in [0.15, 0.2) is 42.6 Å². The number of amides is 2. The zero-order valence-corrected chi connectivity index (χ0v) is 21.9.